The van der Waals surface area contributed by atoms with E-state index in [0.29, 0.717) is 22.9 Å². The molecule has 20 heavy (non-hydrogen) atoms. The predicted molar refractivity (Wildman–Crippen MR) is 78.3 cm³/mol. The lowest BCUT2D eigenvalue weighted by atomic mass is 10.0. The van der Waals surface area contributed by atoms with Crippen LogP contribution in [0.4, 0.5) is 0 Å². The molecule has 2 atom stereocenters. The van der Waals surface area contributed by atoms with Crippen LogP contribution >= 0.6 is 11.6 Å². The molecule has 2 rings (SSSR count). The summed E-state index contributed by atoms with van der Waals surface area (Å²) in [5.74, 6) is 0.538. The first-order chi connectivity index (χ1) is 9.52. The summed E-state index contributed by atoms with van der Waals surface area (Å²) in [5, 5.41) is 10.4. The molecule has 0 bridgehead atoms. The Labute approximate surface area is 124 Å². The van der Waals surface area contributed by atoms with E-state index in [0.717, 1.165) is 19.3 Å². The zero-order chi connectivity index (χ0) is 14.7. The highest BCUT2D eigenvalue weighted by molar-refractivity contribution is 6.31. The van der Waals surface area contributed by atoms with E-state index in [4.69, 9.17) is 16.3 Å². The molecule has 0 saturated heterocycles. The normalized spacial score (nSPS) is 21.8. The molecule has 0 aromatic heterocycles. The molecule has 1 amide bonds. The number of methoxy groups -OCH3 is 1. The molecular formula is C15H20ClNO3. The Hall–Kier alpha value is -1.26. The zero-order valence-electron chi connectivity index (χ0n) is 11.8. The van der Waals surface area contributed by atoms with Gasteiger partial charge < -0.3 is 14.7 Å². The summed E-state index contributed by atoms with van der Waals surface area (Å²) in [7, 11) is 3.27. The lowest BCUT2D eigenvalue weighted by Crippen LogP contribution is -2.34. The van der Waals surface area contributed by atoms with Crippen molar-refractivity contribution >= 4 is 17.5 Å². The Morgan fingerprint density at radius 3 is 2.85 bits per heavy atom. The second-order valence-corrected chi connectivity index (χ2v) is 5.73. The van der Waals surface area contributed by atoms with Crippen LogP contribution in [0.5, 0.6) is 5.75 Å². The van der Waals surface area contributed by atoms with Crippen molar-refractivity contribution in [2.24, 2.45) is 5.92 Å². The van der Waals surface area contributed by atoms with Gasteiger partial charge >= 0.3 is 0 Å². The van der Waals surface area contributed by atoms with Crippen LogP contribution in [0, 0.1) is 5.92 Å². The number of nitrogens with zero attached hydrogens (tertiary/aromatic N) is 1. The minimum atomic E-state index is -0.300. The van der Waals surface area contributed by atoms with Gasteiger partial charge in [-0.2, -0.15) is 0 Å². The number of aliphatic hydroxyl groups excluding tert-OH is 1. The maximum Gasteiger partial charge on any atom is 0.257 e. The molecule has 2 unspecified atom stereocenters. The largest absolute Gasteiger partial charge is 0.496 e. The molecule has 5 heteroatoms. The molecule has 1 fully saturated rings. The Balaban J connectivity index is 2.12. The molecular weight excluding hydrogens is 278 g/mol. The van der Waals surface area contributed by atoms with Gasteiger partial charge in [0.2, 0.25) is 0 Å². The molecule has 1 saturated carbocycles. The average Bonchev–Trinajstić information content (AvgIpc) is 2.83. The van der Waals surface area contributed by atoms with Gasteiger partial charge in [0, 0.05) is 24.5 Å². The summed E-state index contributed by atoms with van der Waals surface area (Å²) in [5.41, 5.74) is 0.454. The van der Waals surface area contributed by atoms with Gasteiger partial charge in [-0.05, 0) is 31.0 Å². The van der Waals surface area contributed by atoms with E-state index in [1.807, 2.05) is 0 Å². The Bertz CT molecular complexity index is 492. The third kappa shape index (κ3) is 3.25. The van der Waals surface area contributed by atoms with E-state index in [2.05, 4.69) is 0 Å². The van der Waals surface area contributed by atoms with E-state index < -0.39 is 0 Å². The number of amides is 1. The monoisotopic (exact) mass is 297 g/mol. The molecule has 1 N–H and O–H groups in total. The molecule has 1 aromatic carbocycles. The number of ether oxygens (including phenoxy) is 1. The average molecular weight is 298 g/mol. The lowest BCUT2D eigenvalue weighted by Gasteiger charge is -2.24. The quantitative estimate of drug-likeness (QED) is 0.929. The Morgan fingerprint density at radius 1 is 1.50 bits per heavy atom. The van der Waals surface area contributed by atoms with Crippen molar-refractivity contribution in [1.82, 2.24) is 4.90 Å². The number of carbonyl (C=O) groups is 1. The molecule has 4 nitrogen and oxygen atoms in total. The van der Waals surface area contributed by atoms with E-state index in [1.54, 1.807) is 30.1 Å². The summed E-state index contributed by atoms with van der Waals surface area (Å²) >= 11 is 5.95. The van der Waals surface area contributed by atoms with Gasteiger partial charge in [0.05, 0.1) is 18.8 Å². The van der Waals surface area contributed by atoms with E-state index >= 15 is 0 Å². The molecule has 0 heterocycles. The SMILES string of the molecule is COc1ccc(Cl)cc1C(=O)N(C)CC1CCCC1O. The first kappa shape index (κ1) is 15.1. The van der Waals surface area contributed by atoms with Gasteiger partial charge in [-0.25, -0.2) is 0 Å². The highest BCUT2D eigenvalue weighted by atomic mass is 35.5. The Morgan fingerprint density at radius 2 is 2.25 bits per heavy atom. The molecule has 1 aromatic rings. The molecule has 1 aliphatic rings. The summed E-state index contributed by atoms with van der Waals surface area (Å²) in [6, 6.07) is 5.00. The number of hydrogen-bond donors (Lipinski definition) is 1. The van der Waals surface area contributed by atoms with Crippen LogP contribution in [0.3, 0.4) is 0 Å². The van der Waals surface area contributed by atoms with Crippen LogP contribution in [0.2, 0.25) is 5.02 Å². The molecule has 1 aliphatic carbocycles. The standard InChI is InChI=1S/C15H20ClNO3/c1-17(9-10-4-3-5-13(10)18)15(19)12-8-11(16)6-7-14(12)20-2/h6-8,10,13,18H,3-5,9H2,1-2H3. The van der Waals surface area contributed by atoms with E-state index in [9.17, 15) is 9.90 Å². The number of rotatable bonds is 4. The molecule has 110 valence electrons. The van der Waals surface area contributed by atoms with Crippen LogP contribution in [-0.4, -0.2) is 42.7 Å². The molecule has 0 aliphatic heterocycles. The fraction of sp³-hybridized carbons (Fsp3) is 0.533. The second-order valence-electron chi connectivity index (χ2n) is 5.29. The lowest BCUT2D eigenvalue weighted by molar-refractivity contribution is 0.0690. The van der Waals surface area contributed by atoms with E-state index in [-0.39, 0.29) is 17.9 Å². The zero-order valence-corrected chi connectivity index (χ0v) is 12.6. The summed E-state index contributed by atoms with van der Waals surface area (Å²) < 4.78 is 5.21. The minimum absolute atomic E-state index is 0.136. The topological polar surface area (TPSA) is 49.8 Å². The predicted octanol–water partition coefficient (Wildman–Crippen LogP) is 2.58. The van der Waals surface area contributed by atoms with Crippen molar-refractivity contribution < 1.29 is 14.6 Å². The number of halogens is 1. The van der Waals surface area contributed by atoms with Gasteiger partial charge in [-0.3, -0.25) is 4.79 Å². The van der Waals surface area contributed by atoms with Crippen molar-refractivity contribution in [3.05, 3.63) is 28.8 Å². The number of aliphatic hydroxyl groups is 1. The Kier molecular flexibility index (Phi) is 4.89. The highest BCUT2D eigenvalue weighted by Gasteiger charge is 2.28. The van der Waals surface area contributed by atoms with Crippen LogP contribution in [0.15, 0.2) is 18.2 Å². The molecule has 0 spiro atoms. The van der Waals surface area contributed by atoms with Gasteiger partial charge in [0.15, 0.2) is 0 Å². The van der Waals surface area contributed by atoms with Crippen LogP contribution in [-0.2, 0) is 0 Å². The third-order valence-corrected chi connectivity index (χ3v) is 4.10. The van der Waals surface area contributed by atoms with Crippen molar-refractivity contribution in [2.75, 3.05) is 20.7 Å². The van der Waals surface area contributed by atoms with Crippen molar-refractivity contribution in [2.45, 2.75) is 25.4 Å². The summed E-state index contributed by atoms with van der Waals surface area (Å²) in [4.78, 5) is 14.1. The maximum atomic E-state index is 12.5. The maximum absolute atomic E-state index is 12.5. The van der Waals surface area contributed by atoms with Crippen LogP contribution < -0.4 is 4.74 Å². The highest BCUT2D eigenvalue weighted by Crippen LogP contribution is 2.28. The van der Waals surface area contributed by atoms with Crippen molar-refractivity contribution in [3.8, 4) is 5.75 Å². The van der Waals surface area contributed by atoms with Gasteiger partial charge in [-0.1, -0.05) is 18.0 Å². The third-order valence-electron chi connectivity index (χ3n) is 3.87. The minimum Gasteiger partial charge on any atom is -0.496 e. The van der Waals surface area contributed by atoms with Crippen molar-refractivity contribution in [3.63, 3.8) is 0 Å². The van der Waals surface area contributed by atoms with Crippen LogP contribution in [0.1, 0.15) is 29.6 Å². The number of carbonyl (C=O) groups excluding carboxylic acids is 1. The van der Waals surface area contributed by atoms with E-state index in [1.165, 1.54) is 7.11 Å². The van der Waals surface area contributed by atoms with Gasteiger partial charge in [-0.15, -0.1) is 0 Å². The van der Waals surface area contributed by atoms with Gasteiger partial charge in [0.1, 0.15) is 5.75 Å². The van der Waals surface area contributed by atoms with Crippen LogP contribution in [0.25, 0.3) is 0 Å². The van der Waals surface area contributed by atoms with Gasteiger partial charge in [0.25, 0.3) is 5.91 Å². The fourth-order valence-electron chi connectivity index (χ4n) is 2.72. The molecule has 0 radical (unpaired) electrons. The number of hydrogen-bond acceptors (Lipinski definition) is 3. The van der Waals surface area contributed by atoms with Crippen molar-refractivity contribution in [1.29, 1.82) is 0 Å². The first-order valence-corrected chi connectivity index (χ1v) is 7.17. The number of benzene rings is 1. The first-order valence-electron chi connectivity index (χ1n) is 6.80. The summed E-state index contributed by atoms with van der Waals surface area (Å²) in [6.07, 6.45) is 2.51. The second kappa shape index (κ2) is 6.46. The smallest absolute Gasteiger partial charge is 0.257 e. The summed E-state index contributed by atoms with van der Waals surface area (Å²) in [6.45, 7) is 0.551. The fourth-order valence-corrected chi connectivity index (χ4v) is 2.89.